The SMILES string of the molecule is C[CH2][Al]([O]c1ccc(C(C)(C)C)c(C(C)(C)C)c1C)[O]c1ccc(C(C)(C)C)c(C(C)(C)C)c1C. The largest absolute Gasteiger partial charge is 0.856 e. The van der Waals surface area contributed by atoms with Crippen LogP contribution in [0.1, 0.15) is 123 Å². The van der Waals surface area contributed by atoms with Gasteiger partial charge in [-0.3, -0.25) is 0 Å². The third-order valence-electron chi connectivity index (χ3n) is 6.80. The monoisotopic (exact) mass is 494 g/mol. The lowest BCUT2D eigenvalue weighted by molar-refractivity contribution is 0.414. The third-order valence-corrected chi connectivity index (χ3v) is 8.50. The van der Waals surface area contributed by atoms with E-state index in [1.165, 1.54) is 33.4 Å². The van der Waals surface area contributed by atoms with Crippen LogP contribution in [0.2, 0.25) is 5.28 Å². The van der Waals surface area contributed by atoms with Crippen molar-refractivity contribution in [3.05, 3.63) is 57.6 Å². The van der Waals surface area contributed by atoms with Crippen LogP contribution in [0.4, 0.5) is 0 Å². The molecular weight excluding hydrogens is 443 g/mol. The molecule has 2 nitrogen and oxygen atoms in total. The normalized spacial score (nSPS) is 13.1. The summed E-state index contributed by atoms with van der Waals surface area (Å²) in [7, 11) is 0. The molecule has 0 fully saturated rings. The average molecular weight is 495 g/mol. The van der Waals surface area contributed by atoms with Gasteiger partial charge in [0.1, 0.15) is 0 Å². The van der Waals surface area contributed by atoms with Gasteiger partial charge in [0, 0.05) is 0 Å². The smallest absolute Gasteiger partial charge is 0.612 e. The molecule has 194 valence electrons. The van der Waals surface area contributed by atoms with E-state index in [2.05, 4.69) is 128 Å². The second kappa shape index (κ2) is 10.1. The summed E-state index contributed by atoms with van der Waals surface area (Å²) < 4.78 is 13.4. The molecule has 0 aliphatic rings. The zero-order chi connectivity index (χ0) is 27.1. The maximum absolute atomic E-state index is 6.70. The van der Waals surface area contributed by atoms with Gasteiger partial charge in [0.2, 0.25) is 0 Å². The Morgan fingerprint density at radius 3 is 1.09 bits per heavy atom. The minimum absolute atomic E-state index is 0.0389. The molecule has 3 heteroatoms. The molecule has 0 saturated heterocycles. The van der Waals surface area contributed by atoms with Crippen LogP contribution in [0.25, 0.3) is 0 Å². The highest BCUT2D eigenvalue weighted by Gasteiger charge is 2.35. The summed E-state index contributed by atoms with van der Waals surface area (Å²) in [5.41, 5.74) is 8.32. The lowest BCUT2D eigenvalue weighted by Crippen LogP contribution is -2.31. The van der Waals surface area contributed by atoms with E-state index in [1.807, 2.05) is 0 Å². The second-order valence-electron chi connectivity index (χ2n) is 14.3. The van der Waals surface area contributed by atoms with Gasteiger partial charge in [-0.05, 0) is 86.3 Å². The van der Waals surface area contributed by atoms with Crippen molar-refractivity contribution in [2.24, 2.45) is 0 Å². The van der Waals surface area contributed by atoms with Crippen LogP contribution in [0.3, 0.4) is 0 Å². The van der Waals surface area contributed by atoms with Crippen molar-refractivity contribution >= 4 is 14.8 Å². The summed E-state index contributed by atoms with van der Waals surface area (Å²) in [4.78, 5) is 0. The molecule has 0 aliphatic heterocycles. The van der Waals surface area contributed by atoms with E-state index in [0.29, 0.717) is 0 Å². The number of hydrogen-bond donors (Lipinski definition) is 0. The second-order valence-corrected chi connectivity index (χ2v) is 16.4. The first-order chi connectivity index (χ1) is 15.7. The molecule has 35 heavy (non-hydrogen) atoms. The molecule has 0 amide bonds. The number of benzene rings is 2. The summed E-state index contributed by atoms with van der Waals surface area (Å²) >= 11 is -1.99. The van der Waals surface area contributed by atoms with Gasteiger partial charge in [-0.25, -0.2) is 0 Å². The van der Waals surface area contributed by atoms with Crippen molar-refractivity contribution in [1.82, 2.24) is 0 Å². The quantitative estimate of drug-likeness (QED) is 0.385. The minimum atomic E-state index is -1.99. The van der Waals surface area contributed by atoms with E-state index in [-0.39, 0.29) is 21.7 Å². The van der Waals surface area contributed by atoms with Gasteiger partial charge >= 0.3 is 14.8 Å². The highest BCUT2D eigenvalue weighted by molar-refractivity contribution is 6.46. The van der Waals surface area contributed by atoms with Crippen LogP contribution in [0.5, 0.6) is 11.5 Å². The molecule has 0 N–H and O–H groups in total. The van der Waals surface area contributed by atoms with E-state index in [0.717, 1.165) is 16.8 Å². The third kappa shape index (κ3) is 6.87. The van der Waals surface area contributed by atoms with Crippen LogP contribution in [-0.2, 0) is 21.7 Å². The molecule has 0 aliphatic carbocycles. The van der Waals surface area contributed by atoms with Crippen molar-refractivity contribution in [2.75, 3.05) is 0 Å². The Balaban J connectivity index is 2.51. The van der Waals surface area contributed by atoms with E-state index < -0.39 is 14.8 Å². The molecule has 0 saturated carbocycles. The molecule has 2 rings (SSSR count). The van der Waals surface area contributed by atoms with Crippen LogP contribution in [-0.4, -0.2) is 14.8 Å². The lowest BCUT2D eigenvalue weighted by Gasteiger charge is -2.34. The first kappa shape index (κ1) is 29.8. The van der Waals surface area contributed by atoms with Gasteiger partial charge in [-0.1, -0.05) is 102 Å². The van der Waals surface area contributed by atoms with Crippen molar-refractivity contribution in [3.63, 3.8) is 0 Å². The topological polar surface area (TPSA) is 18.5 Å². The van der Waals surface area contributed by atoms with Crippen LogP contribution >= 0.6 is 0 Å². The van der Waals surface area contributed by atoms with E-state index in [4.69, 9.17) is 7.58 Å². The standard InChI is InChI=1S/2C15H24O.C2H5.Al/c2*1-10-12(16)9-8-11(14(2,3)4)13(10)15(5,6)7;1-2;/h2*8-9,16H,1-7H3;1H2,2H3;/q;;;+2/p-2. The van der Waals surface area contributed by atoms with Crippen LogP contribution in [0, 0.1) is 13.8 Å². The van der Waals surface area contributed by atoms with Gasteiger partial charge in [-0.2, -0.15) is 0 Å². The first-order valence-corrected chi connectivity index (χ1v) is 15.1. The molecule has 0 radical (unpaired) electrons. The molecule has 2 aromatic rings. The Morgan fingerprint density at radius 2 is 0.857 bits per heavy atom. The number of hydrogen-bond acceptors (Lipinski definition) is 2. The molecular formula is C32H51AlO2. The van der Waals surface area contributed by atoms with Gasteiger partial charge in [0.25, 0.3) is 0 Å². The van der Waals surface area contributed by atoms with Crippen LogP contribution < -0.4 is 7.58 Å². The molecule has 0 spiro atoms. The molecule has 0 heterocycles. The predicted octanol–water partition coefficient (Wildman–Crippen LogP) is 9.46. The summed E-state index contributed by atoms with van der Waals surface area (Å²) in [6.07, 6.45) is 0. The molecule has 2 aromatic carbocycles. The maximum Gasteiger partial charge on any atom is 0.856 e. The molecule has 0 atom stereocenters. The predicted molar refractivity (Wildman–Crippen MR) is 155 cm³/mol. The van der Waals surface area contributed by atoms with Crippen molar-refractivity contribution in [3.8, 4) is 11.5 Å². The van der Waals surface area contributed by atoms with Crippen LogP contribution in [0.15, 0.2) is 24.3 Å². The summed E-state index contributed by atoms with van der Waals surface area (Å²) in [6.45, 7) is 34.2. The van der Waals surface area contributed by atoms with E-state index in [1.54, 1.807) is 0 Å². The minimum Gasteiger partial charge on any atom is -0.612 e. The maximum atomic E-state index is 6.70. The zero-order valence-corrected chi connectivity index (χ0v) is 26.6. The number of rotatable bonds is 5. The molecule has 0 bridgehead atoms. The Hall–Kier alpha value is -1.43. The van der Waals surface area contributed by atoms with Gasteiger partial charge in [0.05, 0.1) is 11.5 Å². The van der Waals surface area contributed by atoms with E-state index in [9.17, 15) is 0 Å². The van der Waals surface area contributed by atoms with Gasteiger partial charge in [-0.15, -0.1) is 0 Å². The average Bonchev–Trinajstić information content (AvgIpc) is 2.66. The van der Waals surface area contributed by atoms with Crippen molar-refractivity contribution in [2.45, 2.75) is 131 Å². The molecule has 0 aromatic heterocycles. The van der Waals surface area contributed by atoms with Gasteiger partial charge in [0.15, 0.2) is 0 Å². The zero-order valence-electron chi connectivity index (χ0n) is 25.4. The Labute approximate surface area is 221 Å². The Bertz CT molecular complexity index is 954. The summed E-state index contributed by atoms with van der Waals surface area (Å²) in [5, 5.41) is 0.899. The lowest BCUT2D eigenvalue weighted by atomic mass is 9.73. The van der Waals surface area contributed by atoms with Gasteiger partial charge < -0.3 is 7.58 Å². The molecule has 0 unspecified atom stereocenters. The summed E-state index contributed by atoms with van der Waals surface area (Å²) in [6, 6.07) is 8.87. The van der Waals surface area contributed by atoms with Crippen molar-refractivity contribution in [1.29, 1.82) is 0 Å². The highest BCUT2D eigenvalue weighted by Crippen LogP contribution is 2.41. The van der Waals surface area contributed by atoms with Crippen molar-refractivity contribution < 1.29 is 7.58 Å². The Morgan fingerprint density at radius 1 is 0.543 bits per heavy atom. The highest BCUT2D eigenvalue weighted by atomic mass is 27.2. The summed E-state index contributed by atoms with van der Waals surface area (Å²) in [5.74, 6) is 1.95. The first-order valence-electron chi connectivity index (χ1n) is 13.3. The Kier molecular flexibility index (Phi) is 8.64. The fourth-order valence-corrected chi connectivity index (χ4v) is 6.76. The fourth-order valence-electron chi connectivity index (χ4n) is 5.30. The van der Waals surface area contributed by atoms with E-state index >= 15 is 0 Å². The fraction of sp³-hybridized carbons (Fsp3) is 0.625.